The third kappa shape index (κ3) is 3.34. The molecule has 0 aliphatic heterocycles. The Morgan fingerprint density at radius 3 is 2.53 bits per heavy atom. The summed E-state index contributed by atoms with van der Waals surface area (Å²) in [7, 11) is 2.21. The summed E-state index contributed by atoms with van der Waals surface area (Å²) in [6.45, 7) is 3.80. The van der Waals surface area contributed by atoms with E-state index in [-0.39, 0.29) is 5.54 Å². The van der Waals surface area contributed by atoms with Gasteiger partial charge in [-0.3, -0.25) is 9.88 Å². The first kappa shape index (κ1) is 14.5. The van der Waals surface area contributed by atoms with E-state index in [9.17, 15) is 0 Å². The second kappa shape index (κ2) is 6.49. The normalized spacial score (nSPS) is 19.4. The largest absolute Gasteiger partial charge is 0.329 e. The second-order valence-electron chi connectivity index (χ2n) is 5.97. The van der Waals surface area contributed by atoms with Crippen molar-refractivity contribution in [3.05, 3.63) is 29.6 Å². The zero-order valence-corrected chi connectivity index (χ0v) is 12.4. The van der Waals surface area contributed by atoms with Gasteiger partial charge in [-0.25, -0.2) is 0 Å². The number of nitrogens with zero attached hydrogens (tertiary/aromatic N) is 2. The van der Waals surface area contributed by atoms with Crippen molar-refractivity contribution in [1.29, 1.82) is 0 Å². The first-order valence-electron chi connectivity index (χ1n) is 7.50. The molecule has 0 radical (unpaired) electrons. The van der Waals surface area contributed by atoms with Gasteiger partial charge in [-0.15, -0.1) is 0 Å². The topological polar surface area (TPSA) is 42.2 Å². The van der Waals surface area contributed by atoms with Crippen LogP contribution >= 0.6 is 0 Å². The van der Waals surface area contributed by atoms with Crippen molar-refractivity contribution in [3.63, 3.8) is 0 Å². The molecular formula is C16H27N3. The number of nitrogens with two attached hydrogens (primary N) is 1. The molecule has 0 saturated heterocycles. The lowest BCUT2D eigenvalue weighted by molar-refractivity contribution is 0.0982. The number of hydrogen-bond acceptors (Lipinski definition) is 3. The van der Waals surface area contributed by atoms with Crippen molar-refractivity contribution >= 4 is 0 Å². The minimum atomic E-state index is 0.181. The molecule has 1 aromatic rings. The van der Waals surface area contributed by atoms with E-state index in [4.69, 9.17) is 5.73 Å². The van der Waals surface area contributed by atoms with Gasteiger partial charge in [0.1, 0.15) is 0 Å². The molecule has 1 aliphatic rings. The third-order valence-electron chi connectivity index (χ3n) is 4.73. The number of pyridine rings is 1. The highest BCUT2D eigenvalue weighted by atomic mass is 15.2. The Hall–Kier alpha value is -0.930. The molecule has 0 bridgehead atoms. The fraction of sp³-hybridized carbons (Fsp3) is 0.688. The monoisotopic (exact) mass is 261 g/mol. The van der Waals surface area contributed by atoms with Crippen LogP contribution in [0, 0.1) is 6.92 Å². The smallest absolute Gasteiger partial charge is 0.0573 e. The minimum Gasteiger partial charge on any atom is -0.329 e. The first-order valence-corrected chi connectivity index (χ1v) is 7.50. The predicted molar refractivity (Wildman–Crippen MR) is 79.9 cm³/mol. The zero-order valence-electron chi connectivity index (χ0n) is 12.4. The molecule has 0 atom stereocenters. The van der Waals surface area contributed by atoms with Crippen LogP contribution in [0.4, 0.5) is 0 Å². The van der Waals surface area contributed by atoms with E-state index in [1.165, 1.54) is 49.8 Å². The highest BCUT2D eigenvalue weighted by Crippen LogP contribution is 2.32. The van der Waals surface area contributed by atoms with Crippen molar-refractivity contribution in [2.75, 3.05) is 13.6 Å². The predicted octanol–water partition coefficient (Wildman–Crippen LogP) is 2.87. The molecule has 19 heavy (non-hydrogen) atoms. The van der Waals surface area contributed by atoms with Gasteiger partial charge >= 0.3 is 0 Å². The number of rotatable bonds is 4. The number of aromatic nitrogens is 1. The lowest BCUT2D eigenvalue weighted by Gasteiger charge is -2.41. The van der Waals surface area contributed by atoms with E-state index >= 15 is 0 Å². The summed E-state index contributed by atoms with van der Waals surface area (Å²) < 4.78 is 0. The minimum absolute atomic E-state index is 0.181. The van der Waals surface area contributed by atoms with E-state index in [2.05, 4.69) is 29.9 Å². The molecule has 2 rings (SSSR count). The van der Waals surface area contributed by atoms with Crippen LogP contribution in [0.1, 0.15) is 49.8 Å². The standard InChI is InChI=1S/C16H27N3/c1-14-8-7-11-18-15(14)12-19(2)16(13-17)9-5-3-4-6-10-16/h7-8,11H,3-6,9-10,12-13,17H2,1-2H3. The van der Waals surface area contributed by atoms with Gasteiger partial charge in [0.25, 0.3) is 0 Å². The molecule has 1 aromatic heterocycles. The maximum Gasteiger partial charge on any atom is 0.0573 e. The van der Waals surface area contributed by atoms with Gasteiger partial charge < -0.3 is 5.73 Å². The van der Waals surface area contributed by atoms with Crippen LogP contribution in [0.3, 0.4) is 0 Å². The lowest BCUT2D eigenvalue weighted by Crippen LogP contribution is -2.51. The molecule has 1 aliphatic carbocycles. The molecular weight excluding hydrogens is 234 g/mol. The van der Waals surface area contributed by atoms with Crippen LogP contribution in [0.2, 0.25) is 0 Å². The average molecular weight is 261 g/mol. The highest BCUT2D eigenvalue weighted by Gasteiger charge is 2.33. The van der Waals surface area contributed by atoms with E-state index in [1.807, 2.05) is 12.3 Å². The Morgan fingerprint density at radius 2 is 1.95 bits per heavy atom. The van der Waals surface area contributed by atoms with Crippen LogP contribution in [0.25, 0.3) is 0 Å². The van der Waals surface area contributed by atoms with Crippen molar-refractivity contribution in [2.45, 2.75) is 57.5 Å². The van der Waals surface area contributed by atoms with Crippen LogP contribution < -0.4 is 5.73 Å². The molecule has 1 heterocycles. The van der Waals surface area contributed by atoms with Gasteiger partial charge in [-0.05, 0) is 38.4 Å². The van der Waals surface area contributed by atoms with Gasteiger partial charge in [0.15, 0.2) is 0 Å². The molecule has 0 amide bonds. The SMILES string of the molecule is Cc1cccnc1CN(C)C1(CN)CCCCCC1. The molecule has 0 aromatic carbocycles. The molecule has 106 valence electrons. The van der Waals surface area contributed by atoms with Gasteiger partial charge in [-0.1, -0.05) is 31.7 Å². The van der Waals surface area contributed by atoms with E-state index in [0.717, 1.165) is 13.1 Å². The quantitative estimate of drug-likeness (QED) is 0.847. The maximum atomic E-state index is 6.14. The van der Waals surface area contributed by atoms with Crippen molar-refractivity contribution in [1.82, 2.24) is 9.88 Å². The van der Waals surface area contributed by atoms with Gasteiger partial charge in [0.05, 0.1) is 5.69 Å². The summed E-state index contributed by atoms with van der Waals surface area (Å²) in [6, 6.07) is 4.14. The summed E-state index contributed by atoms with van der Waals surface area (Å²) in [6.07, 6.45) is 9.68. The van der Waals surface area contributed by atoms with E-state index < -0.39 is 0 Å². The zero-order chi connectivity index (χ0) is 13.7. The fourth-order valence-corrected chi connectivity index (χ4v) is 3.20. The summed E-state index contributed by atoms with van der Waals surface area (Å²) in [5.74, 6) is 0. The van der Waals surface area contributed by atoms with Crippen LogP contribution in [-0.2, 0) is 6.54 Å². The molecule has 2 N–H and O–H groups in total. The maximum absolute atomic E-state index is 6.14. The van der Waals surface area contributed by atoms with Crippen LogP contribution in [0.15, 0.2) is 18.3 Å². The second-order valence-corrected chi connectivity index (χ2v) is 5.97. The van der Waals surface area contributed by atoms with Gasteiger partial charge in [0.2, 0.25) is 0 Å². The lowest BCUT2D eigenvalue weighted by atomic mass is 9.88. The van der Waals surface area contributed by atoms with Crippen molar-refractivity contribution in [3.8, 4) is 0 Å². The number of hydrogen-bond donors (Lipinski definition) is 1. The Bertz CT molecular complexity index is 395. The van der Waals surface area contributed by atoms with E-state index in [1.54, 1.807) is 0 Å². The Morgan fingerprint density at radius 1 is 1.26 bits per heavy atom. The number of likely N-dealkylation sites (N-methyl/N-ethyl adjacent to an activating group) is 1. The van der Waals surface area contributed by atoms with E-state index in [0.29, 0.717) is 0 Å². The van der Waals surface area contributed by atoms with Crippen LogP contribution in [-0.4, -0.2) is 29.0 Å². The average Bonchev–Trinajstić information content (AvgIpc) is 2.67. The van der Waals surface area contributed by atoms with Gasteiger partial charge in [-0.2, -0.15) is 0 Å². The van der Waals surface area contributed by atoms with Crippen molar-refractivity contribution < 1.29 is 0 Å². The summed E-state index contributed by atoms with van der Waals surface area (Å²) in [4.78, 5) is 6.97. The van der Waals surface area contributed by atoms with Crippen LogP contribution in [0.5, 0.6) is 0 Å². The summed E-state index contributed by atoms with van der Waals surface area (Å²) in [5, 5.41) is 0. The summed E-state index contributed by atoms with van der Waals surface area (Å²) >= 11 is 0. The fourth-order valence-electron chi connectivity index (χ4n) is 3.20. The molecule has 0 unspecified atom stereocenters. The van der Waals surface area contributed by atoms with Gasteiger partial charge in [0, 0.05) is 24.8 Å². The molecule has 3 heteroatoms. The van der Waals surface area contributed by atoms with Crippen molar-refractivity contribution in [2.24, 2.45) is 5.73 Å². The number of aryl methyl sites for hydroxylation is 1. The molecule has 1 saturated carbocycles. The Balaban J connectivity index is 2.12. The third-order valence-corrected chi connectivity index (χ3v) is 4.73. The summed E-state index contributed by atoms with van der Waals surface area (Å²) in [5.41, 5.74) is 8.77. The molecule has 0 spiro atoms. The molecule has 1 fully saturated rings. The first-order chi connectivity index (χ1) is 9.18. The molecule has 3 nitrogen and oxygen atoms in total. The highest BCUT2D eigenvalue weighted by molar-refractivity contribution is 5.17. The Labute approximate surface area is 117 Å². The Kier molecular flexibility index (Phi) is 4.94.